The Bertz CT molecular complexity index is 1330. The van der Waals surface area contributed by atoms with Crippen LogP contribution in [0, 0.1) is 0 Å². The third kappa shape index (κ3) is 6.29. The van der Waals surface area contributed by atoms with Gasteiger partial charge in [-0.05, 0) is 62.6 Å². The zero-order valence-electron chi connectivity index (χ0n) is 20.2. The van der Waals surface area contributed by atoms with Crippen molar-refractivity contribution < 1.29 is 17.9 Å². The number of imidazole rings is 1. The fourth-order valence-corrected chi connectivity index (χ4v) is 6.43. The van der Waals surface area contributed by atoms with Crippen LogP contribution in [-0.4, -0.2) is 48.0 Å². The van der Waals surface area contributed by atoms with Gasteiger partial charge < -0.3 is 14.2 Å². The molecule has 10 heteroatoms. The van der Waals surface area contributed by atoms with Crippen molar-refractivity contribution in [2.75, 3.05) is 13.2 Å². The fourth-order valence-electron chi connectivity index (χ4n) is 4.44. The number of rotatable bonds is 9. The van der Waals surface area contributed by atoms with E-state index in [4.69, 9.17) is 27.9 Å². The Labute approximate surface area is 221 Å². The van der Waals surface area contributed by atoms with Crippen LogP contribution in [0.5, 0.6) is 0 Å². The number of hydrogen-bond donors (Lipinski definition) is 0. The predicted octanol–water partition coefficient (Wildman–Crippen LogP) is 5.57. The van der Waals surface area contributed by atoms with Gasteiger partial charge in [0.15, 0.2) is 0 Å². The number of benzene rings is 2. The standard InChI is InChI=1S/C26H29Cl2N3O4S/c1-18(2)31-23(14-29-26(31)36(33,34)17-19-6-3-8-21(27)12-19)15-30(16-24-10-5-11-35-24)25(32)20-7-4-9-22(28)13-20/h3-4,6-9,12-14,18,24H,5,10-11,15-17H2,1-2H3. The van der Waals surface area contributed by atoms with Gasteiger partial charge in [-0.15, -0.1) is 0 Å². The smallest absolute Gasteiger partial charge is 0.254 e. The zero-order valence-corrected chi connectivity index (χ0v) is 22.6. The number of ether oxygens (including phenoxy) is 1. The molecule has 0 bridgehead atoms. The summed E-state index contributed by atoms with van der Waals surface area (Å²) < 4.78 is 34.2. The molecule has 1 atom stereocenters. The first-order valence-corrected chi connectivity index (χ1v) is 14.2. The average Bonchev–Trinajstić information content (AvgIpc) is 3.48. The molecule has 0 saturated carbocycles. The van der Waals surface area contributed by atoms with Crippen molar-refractivity contribution in [2.45, 2.75) is 56.3 Å². The molecule has 0 radical (unpaired) electrons. The van der Waals surface area contributed by atoms with Gasteiger partial charge in [0.2, 0.25) is 15.0 Å². The Morgan fingerprint density at radius 3 is 2.53 bits per heavy atom. The average molecular weight is 551 g/mol. The molecular formula is C26H29Cl2N3O4S. The van der Waals surface area contributed by atoms with Gasteiger partial charge in [-0.25, -0.2) is 13.4 Å². The summed E-state index contributed by atoms with van der Waals surface area (Å²) in [4.78, 5) is 19.5. The summed E-state index contributed by atoms with van der Waals surface area (Å²) in [6, 6.07) is 13.4. The molecule has 7 nitrogen and oxygen atoms in total. The second-order valence-electron chi connectivity index (χ2n) is 9.22. The van der Waals surface area contributed by atoms with E-state index < -0.39 is 9.84 Å². The van der Waals surface area contributed by atoms with Gasteiger partial charge in [0, 0.05) is 34.8 Å². The highest BCUT2D eigenvalue weighted by molar-refractivity contribution is 7.90. The van der Waals surface area contributed by atoms with E-state index in [1.807, 2.05) is 13.8 Å². The SMILES string of the molecule is CC(C)n1c(CN(CC2CCCO2)C(=O)c2cccc(Cl)c2)cnc1S(=O)(=O)Cc1cccc(Cl)c1. The van der Waals surface area contributed by atoms with Crippen LogP contribution in [-0.2, 0) is 26.9 Å². The van der Waals surface area contributed by atoms with Crippen molar-refractivity contribution in [1.82, 2.24) is 14.5 Å². The molecule has 192 valence electrons. The highest BCUT2D eigenvalue weighted by atomic mass is 35.5. The molecule has 1 amide bonds. The summed E-state index contributed by atoms with van der Waals surface area (Å²) in [7, 11) is -3.77. The van der Waals surface area contributed by atoms with Gasteiger partial charge in [-0.2, -0.15) is 0 Å². The van der Waals surface area contributed by atoms with Crippen LogP contribution in [0.15, 0.2) is 59.9 Å². The number of hydrogen-bond acceptors (Lipinski definition) is 5. The molecule has 3 aromatic rings. The Kier molecular flexibility index (Phi) is 8.40. The Morgan fingerprint density at radius 1 is 1.17 bits per heavy atom. The van der Waals surface area contributed by atoms with Gasteiger partial charge >= 0.3 is 0 Å². The van der Waals surface area contributed by atoms with Gasteiger partial charge in [0.05, 0.1) is 30.3 Å². The lowest BCUT2D eigenvalue weighted by Crippen LogP contribution is -2.37. The van der Waals surface area contributed by atoms with Crippen LogP contribution < -0.4 is 0 Å². The second kappa shape index (κ2) is 11.3. The van der Waals surface area contributed by atoms with Crippen molar-refractivity contribution in [3.8, 4) is 0 Å². The maximum absolute atomic E-state index is 13.5. The molecule has 2 aromatic carbocycles. The first kappa shape index (κ1) is 26.7. The number of amides is 1. The van der Waals surface area contributed by atoms with E-state index in [1.54, 1.807) is 64.2 Å². The number of carbonyl (C=O) groups excluding carboxylic acids is 1. The van der Waals surface area contributed by atoms with Crippen molar-refractivity contribution in [3.05, 3.63) is 81.6 Å². The molecule has 4 rings (SSSR count). The number of sulfone groups is 1. The van der Waals surface area contributed by atoms with Crippen LogP contribution in [0.2, 0.25) is 10.0 Å². The largest absolute Gasteiger partial charge is 0.376 e. The Morgan fingerprint density at radius 2 is 1.89 bits per heavy atom. The lowest BCUT2D eigenvalue weighted by atomic mass is 10.1. The Balaban J connectivity index is 1.66. The summed E-state index contributed by atoms with van der Waals surface area (Å²) >= 11 is 12.2. The molecule has 0 N–H and O–H groups in total. The van der Waals surface area contributed by atoms with Crippen LogP contribution in [0.3, 0.4) is 0 Å². The molecule has 36 heavy (non-hydrogen) atoms. The molecule has 2 heterocycles. The van der Waals surface area contributed by atoms with Gasteiger partial charge in [-0.3, -0.25) is 4.79 Å². The summed E-state index contributed by atoms with van der Waals surface area (Å²) in [5.41, 5.74) is 1.67. The van der Waals surface area contributed by atoms with Crippen LogP contribution in [0.25, 0.3) is 0 Å². The minimum absolute atomic E-state index is 0.0280. The van der Waals surface area contributed by atoms with E-state index in [9.17, 15) is 13.2 Å². The summed E-state index contributed by atoms with van der Waals surface area (Å²) in [5.74, 6) is -0.425. The third-order valence-corrected chi connectivity index (χ3v) is 8.08. The molecule has 1 unspecified atom stereocenters. The maximum Gasteiger partial charge on any atom is 0.254 e. The van der Waals surface area contributed by atoms with Gasteiger partial charge in [0.1, 0.15) is 0 Å². The van der Waals surface area contributed by atoms with Crippen molar-refractivity contribution in [1.29, 1.82) is 0 Å². The monoisotopic (exact) mass is 549 g/mol. The lowest BCUT2D eigenvalue weighted by Gasteiger charge is -2.27. The molecule has 0 aliphatic carbocycles. The van der Waals surface area contributed by atoms with Crippen LogP contribution in [0.1, 0.15) is 54.3 Å². The van der Waals surface area contributed by atoms with E-state index in [0.717, 1.165) is 12.8 Å². The van der Waals surface area contributed by atoms with E-state index in [2.05, 4.69) is 4.98 Å². The molecule has 1 fully saturated rings. The number of aromatic nitrogens is 2. The van der Waals surface area contributed by atoms with E-state index in [1.165, 1.54) is 0 Å². The molecule has 1 aliphatic heterocycles. The van der Waals surface area contributed by atoms with Gasteiger partial charge in [-0.1, -0.05) is 41.4 Å². The maximum atomic E-state index is 13.5. The number of nitrogens with zero attached hydrogens (tertiary/aromatic N) is 3. The van der Waals surface area contributed by atoms with Crippen molar-refractivity contribution in [2.24, 2.45) is 0 Å². The minimum atomic E-state index is -3.77. The molecule has 1 aromatic heterocycles. The normalized spacial score (nSPS) is 16.0. The lowest BCUT2D eigenvalue weighted by molar-refractivity contribution is 0.0500. The summed E-state index contributed by atoms with van der Waals surface area (Å²) in [6.45, 7) is 5.03. The molecule has 1 saturated heterocycles. The zero-order chi connectivity index (χ0) is 25.9. The Hall–Kier alpha value is -2.39. The molecule has 0 spiro atoms. The van der Waals surface area contributed by atoms with E-state index in [0.29, 0.717) is 40.0 Å². The quantitative estimate of drug-likeness (QED) is 0.348. The third-order valence-electron chi connectivity index (χ3n) is 6.04. The van der Waals surface area contributed by atoms with Crippen LogP contribution >= 0.6 is 23.2 Å². The highest BCUT2D eigenvalue weighted by Gasteiger charge is 2.29. The highest BCUT2D eigenvalue weighted by Crippen LogP contribution is 2.25. The summed E-state index contributed by atoms with van der Waals surface area (Å²) in [5, 5.41) is 0.916. The first-order chi connectivity index (χ1) is 17.1. The topological polar surface area (TPSA) is 81.5 Å². The predicted molar refractivity (Wildman–Crippen MR) is 140 cm³/mol. The van der Waals surface area contributed by atoms with E-state index in [-0.39, 0.29) is 35.5 Å². The van der Waals surface area contributed by atoms with Crippen molar-refractivity contribution in [3.63, 3.8) is 0 Å². The van der Waals surface area contributed by atoms with Gasteiger partial charge in [0.25, 0.3) is 5.91 Å². The van der Waals surface area contributed by atoms with Crippen LogP contribution in [0.4, 0.5) is 0 Å². The number of carbonyl (C=O) groups is 1. The minimum Gasteiger partial charge on any atom is -0.376 e. The fraction of sp³-hybridized carbons (Fsp3) is 0.385. The van der Waals surface area contributed by atoms with E-state index >= 15 is 0 Å². The second-order valence-corrected chi connectivity index (χ2v) is 12.0. The first-order valence-electron chi connectivity index (χ1n) is 11.8. The number of halogens is 2. The summed E-state index contributed by atoms with van der Waals surface area (Å²) in [6.07, 6.45) is 3.27. The molecular weight excluding hydrogens is 521 g/mol. The molecule has 1 aliphatic rings. The van der Waals surface area contributed by atoms with Crippen molar-refractivity contribution >= 4 is 38.9 Å².